The second-order valence-electron chi connectivity index (χ2n) is 10.2. The molecule has 0 heterocycles. The first-order valence-corrected chi connectivity index (χ1v) is 10.3. The Labute approximate surface area is 146 Å². The maximum atomic E-state index is 10.9. The van der Waals surface area contributed by atoms with E-state index < -0.39 is 0 Å². The summed E-state index contributed by atoms with van der Waals surface area (Å²) in [7, 11) is 0. The number of aliphatic hydroxyl groups is 3. The van der Waals surface area contributed by atoms with Crippen molar-refractivity contribution >= 4 is 0 Å². The highest BCUT2D eigenvalue weighted by Crippen LogP contribution is 2.67. The van der Waals surface area contributed by atoms with Crippen molar-refractivity contribution in [2.45, 2.75) is 90.4 Å². The lowest BCUT2D eigenvalue weighted by Crippen LogP contribution is -2.58. The van der Waals surface area contributed by atoms with Crippen molar-refractivity contribution in [2.75, 3.05) is 0 Å². The number of fused-ring (bicyclic) bond motifs is 5. The molecule has 4 saturated carbocycles. The molecule has 0 aromatic rings. The van der Waals surface area contributed by atoms with Crippen molar-refractivity contribution in [3.05, 3.63) is 0 Å². The van der Waals surface area contributed by atoms with Crippen LogP contribution in [0, 0.1) is 40.4 Å². The molecule has 0 amide bonds. The molecule has 138 valence electrons. The number of aliphatic hydroxyl groups excluding tert-OH is 3. The lowest BCUT2D eigenvalue weighted by molar-refractivity contribution is -0.173. The van der Waals surface area contributed by atoms with Crippen LogP contribution in [0.5, 0.6) is 0 Å². The summed E-state index contributed by atoms with van der Waals surface area (Å²) in [6, 6.07) is 0. The van der Waals surface area contributed by atoms with E-state index >= 15 is 0 Å². The minimum absolute atomic E-state index is 0.200. The normalized spacial score (nSPS) is 58.5. The van der Waals surface area contributed by atoms with Gasteiger partial charge >= 0.3 is 0 Å². The standard InChI is InChI=1S/C21H36O3/c1-12(22)15-4-5-16-14-11-19(24)18-10-13(23)6-8-21(18,3)17(14)7-9-20(15,16)2/h12-19,22-24H,4-11H2,1-3H3/t12?,13-,14+,15-,16+,17+,18+,19+,20-,21-/m1/s1. The lowest BCUT2D eigenvalue weighted by Gasteiger charge is -2.62. The summed E-state index contributed by atoms with van der Waals surface area (Å²) in [4.78, 5) is 0. The third-order valence-electron chi connectivity index (χ3n) is 9.31. The minimum atomic E-state index is -0.251. The smallest absolute Gasteiger partial charge is 0.0577 e. The highest BCUT2D eigenvalue weighted by molar-refractivity contribution is 5.11. The lowest BCUT2D eigenvalue weighted by atomic mass is 9.44. The number of hydrogen-bond acceptors (Lipinski definition) is 3. The van der Waals surface area contributed by atoms with E-state index in [0.717, 1.165) is 32.1 Å². The third-order valence-corrected chi connectivity index (χ3v) is 9.31. The van der Waals surface area contributed by atoms with E-state index in [1.54, 1.807) is 0 Å². The molecule has 0 aliphatic heterocycles. The van der Waals surface area contributed by atoms with Gasteiger partial charge in [0.1, 0.15) is 0 Å². The van der Waals surface area contributed by atoms with Gasteiger partial charge in [-0.05, 0) is 98.7 Å². The van der Waals surface area contributed by atoms with Crippen molar-refractivity contribution in [3.63, 3.8) is 0 Å². The van der Waals surface area contributed by atoms with E-state index in [0.29, 0.717) is 23.7 Å². The summed E-state index contributed by atoms with van der Waals surface area (Å²) in [5, 5.41) is 31.4. The zero-order valence-corrected chi connectivity index (χ0v) is 15.6. The molecule has 10 atom stereocenters. The van der Waals surface area contributed by atoms with Gasteiger partial charge < -0.3 is 15.3 Å². The monoisotopic (exact) mass is 336 g/mol. The van der Waals surface area contributed by atoms with Gasteiger partial charge in [-0.3, -0.25) is 0 Å². The summed E-state index contributed by atoms with van der Waals surface area (Å²) in [5.41, 5.74) is 0.457. The zero-order chi connectivity index (χ0) is 17.3. The molecule has 3 heteroatoms. The molecular weight excluding hydrogens is 300 g/mol. The Morgan fingerprint density at radius 2 is 1.50 bits per heavy atom. The second kappa shape index (κ2) is 5.69. The second-order valence-corrected chi connectivity index (χ2v) is 10.2. The average molecular weight is 337 g/mol. The first-order chi connectivity index (χ1) is 11.3. The van der Waals surface area contributed by atoms with E-state index in [4.69, 9.17) is 0 Å². The summed E-state index contributed by atoms with van der Waals surface area (Å²) in [5.74, 6) is 2.68. The van der Waals surface area contributed by atoms with Gasteiger partial charge in [0, 0.05) is 0 Å². The maximum absolute atomic E-state index is 10.9. The van der Waals surface area contributed by atoms with Gasteiger partial charge in [-0.25, -0.2) is 0 Å². The summed E-state index contributed by atoms with van der Waals surface area (Å²) in [6.45, 7) is 6.80. The van der Waals surface area contributed by atoms with Gasteiger partial charge in [0.25, 0.3) is 0 Å². The average Bonchev–Trinajstić information content (AvgIpc) is 2.87. The van der Waals surface area contributed by atoms with E-state index in [9.17, 15) is 15.3 Å². The molecule has 0 aromatic carbocycles. The molecule has 4 aliphatic carbocycles. The SMILES string of the molecule is CC(O)[C@H]1CC[C@H]2[C@@H]3C[C@H](O)[C@@H]4C[C@H](O)CC[C@]4(C)[C@H]3CC[C@]12C. The van der Waals surface area contributed by atoms with E-state index in [-0.39, 0.29) is 35.1 Å². The molecule has 3 nitrogen and oxygen atoms in total. The highest BCUT2D eigenvalue weighted by Gasteiger charge is 2.62. The molecule has 4 fully saturated rings. The van der Waals surface area contributed by atoms with E-state index in [1.165, 1.54) is 19.3 Å². The Kier molecular flexibility index (Phi) is 4.10. The Morgan fingerprint density at radius 1 is 0.833 bits per heavy atom. The molecule has 3 N–H and O–H groups in total. The van der Waals surface area contributed by atoms with Crippen LogP contribution in [0.3, 0.4) is 0 Å². The summed E-state index contributed by atoms with van der Waals surface area (Å²) < 4.78 is 0. The van der Waals surface area contributed by atoms with Crippen molar-refractivity contribution in [1.82, 2.24) is 0 Å². The largest absolute Gasteiger partial charge is 0.393 e. The van der Waals surface area contributed by atoms with E-state index in [2.05, 4.69) is 13.8 Å². The first-order valence-electron chi connectivity index (χ1n) is 10.3. The van der Waals surface area contributed by atoms with Crippen LogP contribution in [0.4, 0.5) is 0 Å². The van der Waals surface area contributed by atoms with Crippen LogP contribution in [0.15, 0.2) is 0 Å². The van der Waals surface area contributed by atoms with Crippen LogP contribution in [0.2, 0.25) is 0 Å². The molecule has 4 rings (SSSR count). The Morgan fingerprint density at radius 3 is 2.21 bits per heavy atom. The molecule has 0 aromatic heterocycles. The molecule has 0 saturated heterocycles. The van der Waals surface area contributed by atoms with E-state index in [1.807, 2.05) is 6.92 Å². The summed E-state index contributed by atoms with van der Waals surface area (Å²) in [6.07, 6.45) is 7.86. The predicted octanol–water partition coefficient (Wildman–Crippen LogP) is 3.36. The fraction of sp³-hybridized carbons (Fsp3) is 1.00. The van der Waals surface area contributed by atoms with Crippen molar-refractivity contribution in [1.29, 1.82) is 0 Å². The van der Waals surface area contributed by atoms with Crippen LogP contribution >= 0.6 is 0 Å². The number of rotatable bonds is 1. The molecule has 0 bridgehead atoms. The van der Waals surface area contributed by atoms with Crippen LogP contribution in [0.1, 0.15) is 72.1 Å². The van der Waals surface area contributed by atoms with Crippen LogP contribution < -0.4 is 0 Å². The molecule has 0 spiro atoms. The molecule has 24 heavy (non-hydrogen) atoms. The predicted molar refractivity (Wildman–Crippen MR) is 94.3 cm³/mol. The van der Waals surface area contributed by atoms with Gasteiger partial charge in [0.2, 0.25) is 0 Å². The zero-order valence-electron chi connectivity index (χ0n) is 15.6. The minimum Gasteiger partial charge on any atom is -0.393 e. The van der Waals surface area contributed by atoms with Crippen molar-refractivity contribution in [3.8, 4) is 0 Å². The van der Waals surface area contributed by atoms with Crippen LogP contribution in [0.25, 0.3) is 0 Å². The molecule has 0 radical (unpaired) electrons. The van der Waals surface area contributed by atoms with Gasteiger partial charge in [-0.15, -0.1) is 0 Å². The fourth-order valence-corrected chi connectivity index (χ4v) is 8.11. The van der Waals surface area contributed by atoms with Gasteiger partial charge in [0.15, 0.2) is 0 Å². The topological polar surface area (TPSA) is 60.7 Å². The Balaban J connectivity index is 1.64. The van der Waals surface area contributed by atoms with Crippen LogP contribution in [-0.2, 0) is 0 Å². The highest BCUT2D eigenvalue weighted by atomic mass is 16.3. The maximum Gasteiger partial charge on any atom is 0.0577 e. The van der Waals surface area contributed by atoms with Gasteiger partial charge in [-0.1, -0.05) is 13.8 Å². The van der Waals surface area contributed by atoms with Crippen molar-refractivity contribution < 1.29 is 15.3 Å². The molecule has 4 aliphatic rings. The molecule has 1 unspecified atom stereocenters. The van der Waals surface area contributed by atoms with Gasteiger partial charge in [-0.2, -0.15) is 0 Å². The third kappa shape index (κ3) is 2.27. The van der Waals surface area contributed by atoms with Crippen molar-refractivity contribution in [2.24, 2.45) is 40.4 Å². The molecular formula is C21H36O3. The summed E-state index contributed by atoms with van der Waals surface area (Å²) >= 11 is 0. The van der Waals surface area contributed by atoms with Crippen LogP contribution in [-0.4, -0.2) is 33.6 Å². The number of hydrogen-bond donors (Lipinski definition) is 3. The first kappa shape index (κ1) is 17.3. The fourth-order valence-electron chi connectivity index (χ4n) is 8.11. The quantitative estimate of drug-likeness (QED) is 0.688. The Hall–Kier alpha value is -0.120. The Bertz CT molecular complexity index is 491. The van der Waals surface area contributed by atoms with Gasteiger partial charge in [0.05, 0.1) is 18.3 Å².